The molecular weight excluding hydrogens is 1170 g/mol. The van der Waals surface area contributed by atoms with Crippen molar-refractivity contribution in [2.75, 3.05) is 0 Å². The van der Waals surface area contributed by atoms with Crippen LogP contribution < -0.4 is 0 Å². The van der Waals surface area contributed by atoms with Crippen LogP contribution in [0.2, 0.25) is 0 Å². The van der Waals surface area contributed by atoms with E-state index in [0.29, 0.717) is 0 Å². The van der Waals surface area contributed by atoms with Crippen LogP contribution in [0.4, 0.5) is 0 Å². The van der Waals surface area contributed by atoms with Gasteiger partial charge in [-0.15, -0.1) is 90.7 Å². The summed E-state index contributed by atoms with van der Waals surface area (Å²) in [4.78, 5) is 33.2. The number of ketones is 1. The number of carbonyl (C=O) groups excluding carboxylic acids is 1. The molecule has 8 aromatic heterocycles. The van der Waals surface area contributed by atoms with Crippen LogP contribution in [0.25, 0.3) is 101 Å². The van der Waals surface area contributed by atoms with E-state index in [-0.39, 0.29) is 16.6 Å². The molecule has 4 aromatic carbocycles. The van der Waals surface area contributed by atoms with E-state index >= 15 is 4.79 Å². The van der Waals surface area contributed by atoms with Crippen molar-refractivity contribution < 1.29 is 4.79 Å². The summed E-state index contributed by atoms with van der Waals surface area (Å²) in [7, 11) is 0. The third-order valence-electron chi connectivity index (χ3n) is 16.7. The highest BCUT2D eigenvalue weighted by molar-refractivity contribution is 7.30. The molecule has 0 saturated carbocycles. The van der Waals surface area contributed by atoms with Gasteiger partial charge in [0.25, 0.3) is 0 Å². The Balaban J connectivity index is 0.956. The molecule has 428 valence electrons. The standard InChI is InChI=1S/C75H74OS8/c1-11-13-15-17-21-52-53(22-18-16-14-12-2)73(84-72(52)69-35-32-63(82-69)61-24-20-38-78-61)70-36-33-67(83-70)66-31-34-68(81-66)71(76)47-25-26-51-54-42-49(74(5,6)7)39-48(45(54)3)41-58(56-44-50(75(8,9)10)43-55(46(56)4)57(51)40-47)59-27-28-64(79-59)65-30-29-62(80-65)60-23-19-37-77-60/h19-20,23-44H,11-18,21-22H2,1-10H3. The van der Waals surface area contributed by atoms with Crippen LogP contribution in [-0.2, 0) is 23.7 Å². The van der Waals surface area contributed by atoms with Crippen LogP contribution in [0.1, 0.15) is 155 Å². The number of thiophene rings is 8. The summed E-state index contributed by atoms with van der Waals surface area (Å²) in [6.07, 6.45) is 12.3. The Bertz CT molecular complexity index is 4350. The average Bonchev–Trinajstić information content (AvgIpc) is 1.08. The quantitative estimate of drug-likeness (QED) is 0.0582. The number of rotatable bonds is 19. The van der Waals surface area contributed by atoms with Crippen molar-refractivity contribution in [2.24, 2.45) is 0 Å². The summed E-state index contributed by atoms with van der Waals surface area (Å²) in [5.41, 5.74) is 9.93. The zero-order valence-electron chi connectivity index (χ0n) is 50.1. The van der Waals surface area contributed by atoms with E-state index in [2.05, 4.69) is 213 Å². The van der Waals surface area contributed by atoms with E-state index < -0.39 is 0 Å². The normalized spacial score (nSPS) is 12.2. The van der Waals surface area contributed by atoms with Gasteiger partial charge in [-0.1, -0.05) is 142 Å². The molecule has 9 heteroatoms. The van der Waals surface area contributed by atoms with Gasteiger partial charge in [-0.25, -0.2) is 0 Å². The fourth-order valence-electron chi connectivity index (χ4n) is 11.7. The lowest BCUT2D eigenvalue weighted by Gasteiger charge is -2.23. The predicted octanol–water partition coefficient (Wildman–Crippen LogP) is 26.6. The van der Waals surface area contributed by atoms with Gasteiger partial charge in [0, 0.05) is 69.0 Å². The van der Waals surface area contributed by atoms with Crippen molar-refractivity contribution in [3.05, 3.63) is 188 Å². The molecule has 84 heavy (non-hydrogen) atoms. The van der Waals surface area contributed by atoms with E-state index in [1.807, 2.05) is 68.0 Å². The van der Waals surface area contributed by atoms with Gasteiger partial charge in [0.1, 0.15) is 0 Å². The number of aryl methyl sites for hydroxylation is 2. The van der Waals surface area contributed by atoms with Crippen molar-refractivity contribution in [1.29, 1.82) is 0 Å². The lowest BCUT2D eigenvalue weighted by molar-refractivity contribution is 0.104. The van der Waals surface area contributed by atoms with Gasteiger partial charge in [0.15, 0.2) is 0 Å². The largest absolute Gasteiger partial charge is 0.288 e. The summed E-state index contributed by atoms with van der Waals surface area (Å²) >= 11 is 14.9. The van der Waals surface area contributed by atoms with Crippen molar-refractivity contribution in [3.63, 3.8) is 0 Å². The monoisotopic (exact) mass is 1250 g/mol. The van der Waals surface area contributed by atoms with Crippen molar-refractivity contribution in [1.82, 2.24) is 0 Å². The molecule has 0 amide bonds. The van der Waals surface area contributed by atoms with Gasteiger partial charge in [-0.2, -0.15) is 0 Å². The summed E-state index contributed by atoms with van der Waals surface area (Å²) < 4.78 is 0. The molecule has 0 saturated heterocycles. The molecule has 12 aromatic rings. The minimum absolute atomic E-state index is 0.0685. The summed E-state index contributed by atoms with van der Waals surface area (Å²) in [6.45, 7) is 23.2. The van der Waals surface area contributed by atoms with E-state index in [1.165, 1.54) is 159 Å². The van der Waals surface area contributed by atoms with Crippen LogP contribution in [0.3, 0.4) is 0 Å². The molecule has 0 spiro atoms. The van der Waals surface area contributed by atoms with Crippen LogP contribution >= 0.6 is 90.7 Å². The van der Waals surface area contributed by atoms with E-state index in [9.17, 15) is 0 Å². The SMILES string of the molecule is CCCCCCc1c(-c2ccc(-c3cccs3)s2)sc(-c2ccc(-c3ccc(C(=O)c4ccc5c6cc(C(C)(C)C)cc(cc(-c7ccc(-c8ccc(-c9cccs9)s8)s7)c7cc(C(C)(C)C)cc(c7C)c5c4)c6C)s3)s2)c1CCCCCC. The number of unbranched alkanes of at least 4 members (excludes halogenated alkanes) is 6. The Labute approximate surface area is 530 Å². The first-order chi connectivity index (χ1) is 40.5. The van der Waals surface area contributed by atoms with Crippen molar-refractivity contribution in [3.8, 4) is 69.0 Å². The molecule has 0 aliphatic rings. The summed E-state index contributed by atoms with van der Waals surface area (Å²) in [5.74, 6) is 0.0685. The van der Waals surface area contributed by atoms with E-state index in [1.54, 1.807) is 33.8 Å². The smallest absolute Gasteiger partial charge is 0.202 e. The minimum Gasteiger partial charge on any atom is -0.288 e. The first kappa shape index (κ1) is 59.0. The molecule has 0 atom stereocenters. The topological polar surface area (TPSA) is 17.1 Å². The fraction of sp³-hybridized carbons (Fsp3) is 0.293. The highest BCUT2D eigenvalue weighted by atomic mass is 32.1. The molecule has 0 aliphatic heterocycles. The number of fused-ring (bicyclic) bond motifs is 7. The maximum Gasteiger partial charge on any atom is 0.202 e. The average molecular weight is 1250 g/mol. The number of carbonyl (C=O) groups is 1. The molecule has 1 nitrogen and oxygen atoms in total. The predicted molar refractivity (Wildman–Crippen MR) is 381 cm³/mol. The Kier molecular flexibility index (Phi) is 17.4. The molecule has 8 heterocycles. The lowest BCUT2D eigenvalue weighted by atomic mass is 9.81. The molecule has 0 N–H and O–H groups in total. The van der Waals surface area contributed by atoms with E-state index in [4.69, 9.17) is 0 Å². The maximum atomic E-state index is 15.3. The molecule has 4 bridgehead atoms. The molecule has 12 rings (SSSR count). The van der Waals surface area contributed by atoms with Gasteiger partial charge in [-0.3, -0.25) is 4.79 Å². The number of hydrogen-bond acceptors (Lipinski definition) is 9. The van der Waals surface area contributed by atoms with Crippen LogP contribution in [0.5, 0.6) is 0 Å². The third-order valence-corrected chi connectivity index (χ3v) is 26.3. The van der Waals surface area contributed by atoms with Crippen molar-refractivity contribution >= 4 is 129 Å². The van der Waals surface area contributed by atoms with Gasteiger partial charge in [-0.05, 0) is 217 Å². The zero-order chi connectivity index (χ0) is 58.4. The van der Waals surface area contributed by atoms with Crippen LogP contribution in [0, 0.1) is 13.8 Å². The van der Waals surface area contributed by atoms with Crippen LogP contribution in [0.15, 0.2) is 144 Å². The molecular formula is C75H74OS8. The highest BCUT2D eigenvalue weighted by Gasteiger charge is 2.26. The summed E-state index contributed by atoms with van der Waals surface area (Å²) in [6, 6.07) is 50.5. The zero-order valence-corrected chi connectivity index (χ0v) is 56.6. The maximum absolute atomic E-state index is 15.3. The Hall–Kier alpha value is -5.33. The first-order valence-corrected chi connectivity index (χ1v) is 36.7. The molecule has 0 fully saturated rings. The van der Waals surface area contributed by atoms with Crippen LogP contribution in [-0.4, -0.2) is 5.78 Å². The lowest BCUT2D eigenvalue weighted by Crippen LogP contribution is -2.11. The van der Waals surface area contributed by atoms with E-state index in [0.717, 1.165) is 38.9 Å². The van der Waals surface area contributed by atoms with Gasteiger partial charge in [0.05, 0.1) is 4.88 Å². The van der Waals surface area contributed by atoms with Gasteiger partial charge < -0.3 is 0 Å². The number of hydrogen-bond donors (Lipinski definition) is 0. The fourth-order valence-corrected chi connectivity index (χ4v) is 20.3. The Morgan fingerprint density at radius 2 is 0.857 bits per heavy atom. The minimum atomic E-state index is -0.134. The molecule has 0 aliphatic carbocycles. The highest BCUT2D eigenvalue weighted by Crippen LogP contribution is 2.51. The Morgan fingerprint density at radius 1 is 0.393 bits per heavy atom. The first-order valence-electron chi connectivity index (χ1n) is 30.0. The number of benzene rings is 3. The third kappa shape index (κ3) is 12.1. The second-order valence-corrected chi connectivity index (χ2v) is 33.0. The molecule has 0 radical (unpaired) electrons. The van der Waals surface area contributed by atoms with Gasteiger partial charge in [0.2, 0.25) is 5.78 Å². The van der Waals surface area contributed by atoms with Gasteiger partial charge >= 0.3 is 0 Å². The Morgan fingerprint density at radius 3 is 1.39 bits per heavy atom. The molecule has 0 unspecified atom stereocenters. The van der Waals surface area contributed by atoms with Crippen molar-refractivity contribution in [2.45, 2.75) is 144 Å². The second kappa shape index (κ2) is 24.8. The summed E-state index contributed by atoms with van der Waals surface area (Å²) in [5, 5.41) is 11.5. The second-order valence-electron chi connectivity index (χ2n) is 24.7.